The second-order valence-corrected chi connectivity index (χ2v) is 6.84. The highest BCUT2D eigenvalue weighted by Crippen LogP contribution is 2.14. The zero-order chi connectivity index (χ0) is 19.0. The average molecular weight is 345 g/mol. The summed E-state index contributed by atoms with van der Waals surface area (Å²) in [5.41, 5.74) is -1.66. The van der Waals surface area contributed by atoms with E-state index >= 15 is 0 Å². The van der Waals surface area contributed by atoms with Crippen LogP contribution in [0.5, 0.6) is 0 Å². The van der Waals surface area contributed by atoms with E-state index in [0.717, 1.165) is 0 Å². The quantitative estimate of drug-likeness (QED) is 0.430. The SMILES string of the molecule is CO/C=C/COC(=O)CN(C(=O)OC(C)(C)C)C(=O)OC(C)(C)C. The number of ether oxygens (including phenoxy) is 4. The Morgan fingerprint density at radius 1 is 0.917 bits per heavy atom. The van der Waals surface area contributed by atoms with E-state index in [-0.39, 0.29) is 6.61 Å². The van der Waals surface area contributed by atoms with Gasteiger partial charge < -0.3 is 18.9 Å². The van der Waals surface area contributed by atoms with Crippen molar-refractivity contribution in [2.75, 3.05) is 20.3 Å². The Morgan fingerprint density at radius 3 is 1.75 bits per heavy atom. The minimum atomic E-state index is -0.985. The van der Waals surface area contributed by atoms with Crippen molar-refractivity contribution in [1.29, 1.82) is 0 Å². The zero-order valence-electron chi connectivity index (χ0n) is 15.4. The molecule has 0 aliphatic rings. The van der Waals surface area contributed by atoms with Gasteiger partial charge in [-0.15, -0.1) is 0 Å². The van der Waals surface area contributed by atoms with Gasteiger partial charge in [0, 0.05) is 0 Å². The van der Waals surface area contributed by atoms with Crippen molar-refractivity contribution in [3.05, 3.63) is 12.3 Å². The number of esters is 1. The van der Waals surface area contributed by atoms with Gasteiger partial charge in [-0.2, -0.15) is 0 Å². The summed E-state index contributed by atoms with van der Waals surface area (Å²) in [4.78, 5) is 36.7. The van der Waals surface area contributed by atoms with Gasteiger partial charge in [0.15, 0.2) is 0 Å². The Labute approximate surface area is 142 Å². The summed E-state index contributed by atoms with van der Waals surface area (Å²) in [5, 5.41) is 0. The number of hydrogen-bond acceptors (Lipinski definition) is 7. The highest BCUT2D eigenvalue weighted by Gasteiger charge is 2.33. The Balaban J connectivity index is 4.98. The molecule has 8 heteroatoms. The average Bonchev–Trinajstić information content (AvgIpc) is 2.36. The van der Waals surface area contributed by atoms with Crippen molar-refractivity contribution in [2.24, 2.45) is 0 Å². The van der Waals surface area contributed by atoms with Crippen LogP contribution in [0.25, 0.3) is 0 Å². The minimum Gasteiger partial charge on any atom is -0.505 e. The van der Waals surface area contributed by atoms with Crippen molar-refractivity contribution in [2.45, 2.75) is 52.7 Å². The summed E-state index contributed by atoms with van der Waals surface area (Å²) in [7, 11) is 1.45. The summed E-state index contributed by atoms with van der Waals surface area (Å²) in [6.07, 6.45) is 0.831. The van der Waals surface area contributed by atoms with Gasteiger partial charge in [-0.05, 0) is 47.6 Å². The van der Waals surface area contributed by atoms with Crippen molar-refractivity contribution < 1.29 is 33.3 Å². The Bertz CT molecular complexity index is 444. The predicted molar refractivity (Wildman–Crippen MR) is 86.3 cm³/mol. The molecule has 0 N–H and O–H groups in total. The van der Waals surface area contributed by atoms with Crippen molar-refractivity contribution in [3.8, 4) is 0 Å². The maximum Gasteiger partial charge on any atom is 0.420 e. The Kier molecular flexibility index (Phi) is 8.29. The normalized spacial score (nSPS) is 11.8. The molecular formula is C16H27NO7. The second kappa shape index (κ2) is 9.14. The highest BCUT2D eigenvalue weighted by atomic mass is 16.6. The number of amides is 2. The molecule has 0 spiro atoms. The van der Waals surface area contributed by atoms with Gasteiger partial charge in [0.25, 0.3) is 0 Å². The van der Waals surface area contributed by atoms with Gasteiger partial charge >= 0.3 is 18.2 Å². The molecule has 0 atom stereocenters. The lowest BCUT2D eigenvalue weighted by Crippen LogP contribution is -2.46. The Morgan fingerprint density at radius 2 is 1.38 bits per heavy atom. The van der Waals surface area contributed by atoms with Gasteiger partial charge in [-0.25, -0.2) is 14.5 Å². The van der Waals surface area contributed by atoms with Gasteiger partial charge in [0.05, 0.1) is 13.4 Å². The fraction of sp³-hybridized carbons (Fsp3) is 0.688. The van der Waals surface area contributed by atoms with E-state index in [1.165, 1.54) is 19.4 Å². The molecule has 0 aromatic rings. The van der Waals surface area contributed by atoms with Gasteiger partial charge in [-0.3, -0.25) is 4.79 Å². The first-order valence-electron chi connectivity index (χ1n) is 7.42. The second-order valence-electron chi connectivity index (χ2n) is 6.84. The predicted octanol–water partition coefficient (Wildman–Crippen LogP) is 2.86. The van der Waals surface area contributed by atoms with E-state index in [4.69, 9.17) is 14.2 Å². The summed E-state index contributed by atoms with van der Waals surface area (Å²) in [6.45, 7) is 9.20. The summed E-state index contributed by atoms with van der Waals surface area (Å²) in [6, 6.07) is 0. The lowest BCUT2D eigenvalue weighted by atomic mass is 10.2. The fourth-order valence-electron chi connectivity index (χ4n) is 1.29. The van der Waals surface area contributed by atoms with E-state index in [1.54, 1.807) is 41.5 Å². The van der Waals surface area contributed by atoms with Crippen molar-refractivity contribution >= 4 is 18.2 Å². The first-order valence-corrected chi connectivity index (χ1v) is 7.42. The Hall–Kier alpha value is -2.25. The van der Waals surface area contributed by atoms with Gasteiger partial charge in [-0.1, -0.05) is 0 Å². The number of hydrogen-bond donors (Lipinski definition) is 0. The molecule has 138 valence electrons. The van der Waals surface area contributed by atoms with Crippen LogP contribution in [0.2, 0.25) is 0 Å². The van der Waals surface area contributed by atoms with Crippen molar-refractivity contribution in [3.63, 3.8) is 0 Å². The zero-order valence-corrected chi connectivity index (χ0v) is 15.4. The van der Waals surface area contributed by atoms with Crippen molar-refractivity contribution in [1.82, 2.24) is 4.90 Å². The highest BCUT2D eigenvalue weighted by molar-refractivity contribution is 5.92. The van der Waals surface area contributed by atoms with E-state index in [1.807, 2.05) is 0 Å². The van der Waals surface area contributed by atoms with Crippen LogP contribution in [0.15, 0.2) is 12.3 Å². The maximum absolute atomic E-state index is 12.2. The number of carbonyl (C=O) groups excluding carboxylic acids is 3. The molecule has 0 fully saturated rings. The molecule has 0 aliphatic heterocycles. The standard InChI is InChI=1S/C16H27NO7/c1-15(2,3)23-13(19)17(14(20)24-16(4,5)6)11-12(18)22-10-8-9-21-7/h8-9H,10-11H2,1-7H3/b9-8+. The summed E-state index contributed by atoms with van der Waals surface area (Å²) in [5.74, 6) is -0.785. The van der Waals surface area contributed by atoms with Gasteiger partial charge in [0.2, 0.25) is 0 Å². The van der Waals surface area contributed by atoms with E-state index in [9.17, 15) is 14.4 Å². The molecule has 0 radical (unpaired) electrons. The molecule has 0 aliphatic carbocycles. The monoisotopic (exact) mass is 345 g/mol. The van der Waals surface area contributed by atoms with E-state index < -0.39 is 35.9 Å². The first-order chi connectivity index (χ1) is 10.9. The summed E-state index contributed by atoms with van der Waals surface area (Å²) < 4.78 is 19.8. The fourth-order valence-corrected chi connectivity index (χ4v) is 1.29. The number of carbonyl (C=O) groups is 3. The maximum atomic E-state index is 12.2. The van der Waals surface area contributed by atoms with Crippen LogP contribution in [0.3, 0.4) is 0 Å². The number of rotatable bonds is 5. The number of methoxy groups -OCH3 is 1. The number of nitrogens with zero attached hydrogens (tertiary/aromatic N) is 1. The lowest BCUT2D eigenvalue weighted by Gasteiger charge is -2.28. The van der Waals surface area contributed by atoms with E-state index in [0.29, 0.717) is 4.90 Å². The molecule has 0 bridgehead atoms. The van der Waals surface area contributed by atoms with Crippen LogP contribution >= 0.6 is 0 Å². The molecule has 0 rings (SSSR count). The third kappa shape index (κ3) is 10.5. The molecular weight excluding hydrogens is 318 g/mol. The third-order valence-electron chi connectivity index (χ3n) is 2.09. The minimum absolute atomic E-state index is 0.0524. The molecule has 0 aromatic carbocycles. The summed E-state index contributed by atoms with van der Waals surface area (Å²) >= 11 is 0. The topological polar surface area (TPSA) is 91.4 Å². The van der Waals surface area contributed by atoms with E-state index in [2.05, 4.69) is 4.74 Å². The molecule has 0 saturated carbocycles. The molecule has 0 aromatic heterocycles. The molecule has 24 heavy (non-hydrogen) atoms. The van der Waals surface area contributed by atoms with Crippen LogP contribution in [-0.4, -0.2) is 54.5 Å². The molecule has 2 amide bonds. The van der Waals surface area contributed by atoms with Crippen LogP contribution in [-0.2, 0) is 23.7 Å². The first kappa shape index (κ1) is 21.8. The molecule has 0 heterocycles. The van der Waals surface area contributed by atoms with Crippen LogP contribution in [0, 0.1) is 0 Å². The smallest absolute Gasteiger partial charge is 0.420 e. The molecule has 0 unspecified atom stereocenters. The van der Waals surface area contributed by atoms with Crippen LogP contribution < -0.4 is 0 Å². The third-order valence-corrected chi connectivity index (χ3v) is 2.09. The van der Waals surface area contributed by atoms with Gasteiger partial charge in [0.1, 0.15) is 24.4 Å². The van der Waals surface area contributed by atoms with Crippen LogP contribution in [0.1, 0.15) is 41.5 Å². The molecule has 8 nitrogen and oxygen atoms in total. The largest absolute Gasteiger partial charge is 0.505 e. The van der Waals surface area contributed by atoms with Crippen LogP contribution in [0.4, 0.5) is 9.59 Å². The molecule has 0 saturated heterocycles. The number of imide groups is 1. The lowest BCUT2D eigenvalue weighted by molar-refractivity contribution is -0.143.